The van der Waals surface area contributed by atoms with Crippen molar-refractivity contribution in [2.24, 2.45) is 5.92 Å². The van der Waals surface area contributed by atoms with E-state index in [0.29, 0.717) is 12.0 Å². The summed E-state index contributed by atoms with van der Waals surface area (Å²) < 4.78 is 0. The summed E-state index contributed by atoms with van der Waals surface area (Å²) in [4.78, 5) is 29.7. The Labute approximate surface area is 126 Å². The molecule has 0 spiro atoms. The number of rotatable bonds is 6. The molecule has 1 atom stereocenters. The maximum absolute atomic E-state index is 12.2. The SMILES string of the molecule is C=CCCC(C)N(OC(=O)c1ccccc1)C(=O)C(C)C. The van der Waals surface area contributed by atoms with Crippen LogP contribution in [0.3, 0.4) is 0 Å². The molecule has 0 N–H and O–H groups in total. The summed E-state index contributed by atoms with van der Waals surface area (Å²) in [5.41, 5.74) is 0.426. The van der Waals surface area contributed by atoms with Crippen LogP contribution in [0.2, 0.25) is 0 Å². The number of hydrogen-bond acceptors (Lipinski definition) is 3. The first-order valence-electron chi connectivity index (χ1n) is 7.18. The highest BCUT2D eigenvalue weighted by Crippen LogP contribution is 2.14. The number of hydrogen-bond donors (Lipinski definition) is 0. The second-order valence-corrected chi connectivity index (χ2v) is 5.28. The minimum Gasteiger partial charge on any atom is -0.332 e. The molecule has 0 fully saturated rings. The zero-order chi connectivity index (χ0) is 15.8. The normalized spacial score (nSPS) is 11.8. The Morgan fingerprint density at radius 1 is 1.24 bits per heavy atom. The van der Waals surface area contributed by atoms with Crippen LogP contribution >= 0.6 is 0 Å². The predicted octanol–water partition coefficient (Wildman–Crippen LogP) is 3.60. The van der Waals surface area contributed by atoms with Crippen molar-refractivity contribution in [3.63, 3.8) is 0 Å². The van der Waals surface area contributed by atoms with Crippen molar-refractivity contribution in [1.82, 2.24) is 5.06 Å². The van der Waals surface area contributed by atoms with Gasteiger partial charge < -0.3 is 4.84 Å². The van der Waals surface area contributed by atoms with Crippen LogP contribution in [0.15, 0.2) is 43.0 Å². The molecule has 0 bridgehead atoms. The highest BCUT2D eigenvalue weighted by atomic mass is 16.7. The molecule has 0 saturated carbocycles. The van der Waals surface area contributed by atoms with Crippen molar-refractivity contribution in [2.45, 2.75) is 39.7 Å². The Morgan fingerprint density at radius 2 is 1.86 bits per heavy atom. The molecule has 4 heteroatoms. The van der Waals surface area contributed by atoms with Gasteiger partial charge in [0.1, 0.15) is 0 Å². The van der Waals surface area contributed by atoms with Gasteiger partial charge in [0, 0.05) is 5.92 Å². The van der Waals surface area contributed by atoms with Gasteiger partial charge in [0.2, 0.25) is 0 Å². The number of carbonyl (C=O) groups excluding carboxylic acids is 2. The minimum atomic E-state index is -0.518. The molecule has 0 aliphatic rings. The number of benzene rings is 1. The largest absolute Gasteiger partial charge is 0.363 e. The predicted molar refractivity (Wildman–Crippen MR) is 82.4 cm³/mol. The molecule has 0 aliphatic carbocycles. The average molecular weight is 289 g/mol. The second-order valence-electron chi connectivity index (χ2n) is 5.28. The van der Waals surface area contributed by atoms with Crippen molar-refractivity contribution in [1.29, 1.82) is 0 Å². The zero-order valence-corrected chi connectivity index (χ0v) is 12.9. The fraction of sp³-hybridized carbons (Fsp3) is 0.412. The molecule has 0 aromatic heterocycles. The van der Waals surface area contributed by atoms with E-state index in [0.717, 1.165) is 6.42 Å². The summed E-state index contributed by atoms with van der Waals surface area (Å²) in [5.74, 6) is -0.953. The van der Waals surface area contributed by atoms with E-state index in [9.17, 15) is 9.59 Å². The number of hydroxylamine groups is 2. The van der Waals surface area contributed by atoms with Crippen LogP contribution in [0, 0.1) is 5.92 Å². The Morgan fingerprint density at radius 3 is 2.38 bits per heavy atom. The van der Waals surface area contributed by atoms with Gasteiger partial charge in [-0.2, -0.15) is 5.06 Å². The van der Waals surface area contributed by atoms with Crippen molar-refractivity contribution in [3.05, 3.63) is 48.6 Å². The number of carbonyl (C=O) groups is 2. The Kier molecular flexibility index (Phi) is 6.66. The summed E-state index contributed by atoms with van der Waals surface area (Å²) in [6.07, 6.45) is 3.24. The molecule has 0 aliphatic heterocycles. The maximum Gasteiger partial charge on any atom is 0.363 e. The lowest BCUT2D eigenvalue weighted by atomic mass is 10.1. The van der Waals surface area contributed by atoms with Gasteiger partial charge in [0.25, 0.3) is 5.91 Å². The molecule has 1 unspecified atom stereocenters. The van der Waals surface area contributed by atoms with Crippen molar-refractivity contribution < 1.29 is 14.4 Å². The van der Waals surface area contributed by atoms with Gasteiger partial charge in [-0.3, -0.25) is 4.79 Å². The van der Waals surface area contributed by atoms with Crippen LogP contribution in [0.5, 0.6) is 0 Å². The summed E-state index contributed by atoms with van der Waals surface area (Å²) >= 11 is 0. The van der Waals surface area contributed by atoms with Crippen molar-refractivity contribution >= 4 is 11.9 Å². The van der Waals surface area contributed by atoms with Gasteiger partial charge in [-0.05, 0) is 31.9 Å². The van der Waals surface area contributed by atoms with Gasteiger partial charge in [-0.15, -0.1) is 6.58 Å². The molecule has 1 aromatic rings. The molecule has 0 saturated heterocycles. The van der Waals surface area contributed by atoms with E-state index in [1.165, 1.54) is 5.06 Å². The molecule has 0 radical (unpaired) electrons. The van der Waals surface area contributed by atoms with Crippen LogP contribution in [0.1, 0.15) is 44.0 Å². The molecule has 114 valence electrons. The maximum atomic E-state index is 12.2. The van der Waals surface area contributed by atoms with Crippen LogP contribution in [0.4, 0.5) is 0 Å². The minimum absolute atomic E-state index is 0.189. The van der Waals surface area contributed by atoms with Gasteiger partial charge in [0.05, 0.1) is 11.6 Å². The second kappa shape index (κ2) is 8.25. The summed E-state index contributed by atoms with van der Waals surface area (Å²) in [6.45, 7) is 9.10. The van der Waals surface area contributed by atoms with E-state index >= 15 is 0 Å². The van der Waals surface area contributed by atoms with Crippen LogP contribution in [0.25, 0.3) is 0 Å². The molecular formula is C17H23NO3. The molecule has 0 heterocycles. The molecule has 1 amide bonds. The highest BCUT2D eigenvalue weighted by molar-refractivity contribution is 5.90. The Bertz CT molecular complexity index is 482. The first-order valence-corrected chi connectivity index (χ1v) is 7.18. The van der Waals surface area contributed by atoms with E-state index in [-0.39, 0.29) is 17.9 Å². The number of nitrogens with zero attached hydrogens (tertiary/aromatic N) is 1. The third-order valence-electron chi connectivity index (χ3n) is 3.09. The third kappa shape index (κ3) is 5.06. The molecule has 4 nitrogen and oxygen atoms in total. The number of amides is 1. The first kappa shape index (κ1) is 17.0. The summed E-state index contributed by atoms with van der Waals surface area (Å²) in [7, 11) is 0. The first-order chi connectivity index (χ1) is 9.97. The van der Waals surface area contributed by atoms with Gasteiger partial charge in [0.15, 0.2) is 0 Å². The summed E-state index contributed by atoms with van der Waals surface area (Å²) in [6, 6.07) is 8.47. The fourth-order valence-corrected chi connectivity index (χ4v) is 1.80. The third-order valence-corrected chi connectivity index (χ3v) is 3.09. The molecular weight excluding hydrogens is 266 g/mol. The molecule has 1 aromatic carbocycles. The van der Waals surface area contributed by atoms with Crippen LogP contribution in [-0.4, -0.2) is 23.0 Å². The Hall–Kier alpha value is -2.10. The highest BCUT2D eigenvalue weighted by Gasteiger charge is 2.26. The van der Waals surface area contributed by atoms with E-state index < -0.39 is 5.97 Å². The quantitative estimate of drug-likeness (QED) is 0.594. The monoisotopic (exact) mass is 289 g/mol. The zero-order valence-electron chi connectivity index (χ0n) is 12.9. The molecule has 21 heavy (non-hydrogen) atoms. The standard InChI is InChI=1S/C17H23NO3/c1-5-6-10-14(4)18(16(19)13(2)3)21-17(20)15-11-8-7-9-12-15/h5,7-9,11-14H,1,6,10H2,2-4H3. The van der Waals surface area contributed by atoms with Crippen LogP contribution in [-0.2, 0) is 9.63 Å². The Balaban J connectivity index is 2.84. The lowest BCUT2D eigenvalue weighted by molar-refractivity contribution is -0.180. The fourth-order valence-electron chi connectivity index (χ4n) is 1.80. The average Bonchev–Trinajstić information content (AvgIpc) is 2.50. The topological polar surface area (TPSA) is 46.6 Å². The molecule has 1 rings (SSSR count). The van der Waals surface area contributed by atoms with Crippen molar-refractivity contribution in [2.75, 3.05) is 0 Å². The van der Waals surface area contributed by atoms with Crippen molar-refractivity contribution in [3.8, 4) is 0 Å². The van der Waals surface area contributed by atoms with Gasteiger partial charge in [-0.1, -0.05) is 38.1 Å². The number of allylic oxidation sites excluding steroid dienone is 1. The van der Waals surface area contributed by atoms with Crippen LogP contribution < -0.4 is 0 Å². The van der Waals surface area contributed by atoms with E-state index in [1.54, 1.807) is 44.2 Å². The van der Waals surface area contributed by atoms with Gasteiger partial charge >= 0.3 is 5.97 Å². The van der Waals surface area contributed by atoms with E-state index in [2.05, 4.69) is 6.58 Å². The summed E-state index contributed by atoms with van der Waals surface area (Å²) in [5, 5.41) is 1.20. The lowest BCUT2D eigenvalue weighted by Crippen LogP contribution is -2.42. The lowest BCUT2D eigenvalue weighted by Gasteiger charge is -2.28. The van der Waals surface area contributed by atoms with E-state index in [1.807, 2.05) is 13.0 Å². The van der Waals surface area contributed by atoms with E-state index in [4.69, 9.17) is 4.84 Å². The smallest absolute Gasteiger partial charge is 0.332 e. The van der Waals surface area contributed by atoms with Gasteiger partial charge in [-0.25, -0.2) is 4.79 Å².